The lowest BCUT2D eigenvalue weighted by Gasteiger charge is -2.12. The molecule has 8 nitrogen and oxygen atoms in total. The number of anilines is 2. The molecule has 0 aliphatic heterocycles. The minimum atomic E-state index is -0.403. The third-order valence-corrected chi connectivity index (χ3v) is 3.85. The number of hydrogen-bond acceptors (Lipinski definition) is 5. The summed E-state index contributed by atoms with van der Waals surface area (Å²) >= 11 is 3.28. The van der Waals surface area contributed by atoms with Crippen LogP contribution in [0.3, 0.4) is 0 Å². The lowest BCUT2D eigenvalue weighted by atomic mass is 10.1. The standard InChI is InChI=1S/C17H16BrN3O3.C4H8N2.C2H6/c1-3-4-16(22)20-14-7-6-12(24-2)9-13(14)17(23)21-15-8-5-11(18)10-19-15;1-2-3-4(5)6;1-2/h3-10H,1-2H3,(H,20,22)(H,19,21,23);2H,1,3H2,(H3,5,6);1-2H3/b4-3+;;. The molecule has 9 heteroatoms. The molecule has 1 heterocycles. The van der Waals surface area contributed by atoms with Gasteiger partial charge >= 0.3 is 0 Å². The van der Waals surface area contributed by atoms with Gasteiger partial charge < -0.3 is 21.1 Å². The summed E-state index contributed by atoms with van der Waals surface area (Å²) in [6.45, 7) is 9.12. The van der Waals surface area contributed by atoms with Gasteiger partial charge in [-0.25, -0.2) is 4.98 Å². The molecular weight excluding hydrogens is 474 g/mol. The van der Waals surface area contributed by atoms with Crippen LogP contribution in [0.1, 0.15) is 37.6 Å². The Morgan fingerprint density at radius 1 is 1.25 bits per heavy atom. The van der Waals surface area contributed by atoms with E-state index in [-0.39, 0.29) is 17.3 Å². The maximum absolute atomic E-state index is 12.5. The number of pyridine rings is 1. The molecule has 0 atom stereocenters. The summed E-state index contributed by atoms with van der Waals surface area (Å²) < 4.78 is 5.96. The summed E-state index contributed by atoms with van der Waals surface area (Å²) in [4.78, 5) is 28.4. The van der Waals surface area contributed by atoms with Crippen molar-refractivity contribution in [3.05, 3.63) is 71.4 Å². The molecule has 0 unspecified atom stereocenters. The normalized spacial score (nSPS) is 9.41. The summed E-state index contributed by atoms with van der Waals surface area (Å²) in [6, 6.07) is 8.27. The maximum atomic E-state index is 12.5. The molecule has 0 radical (unpaired) electrons. The van der Waals surface area contributed by atoms with Crippen LogP contribution in [-0.2, 0) is 4.79 Å². The summed E-state index contributed by atoms with van der Waals surface area (Å²) in [5.74, 6) is 0.354. The van der Waals surface area contributed by atoms with Crippen molar-refractivity contribution in [3.63, 3.8) is 0 Å². The number of rotatable bonds is 7. The zero-order valence-corrected chi connectivity index (χ0v) is 20.3. The van der Waals surface area contributed by atoms with E-state index in [1.54, 1.807) is 55.6 Å². The summed E-state index contributed by atoms with van der Waals surface area (Å²) in [5.41, 5.74) is 5.57. The highest BCUT2D eigenvalue weighted by Crippen LogP contribution is 2.23. The number of aromatic nitrogens is 1. The fourth-order valence-corrected chi connectivity index (χ4v) is 2.30. The molecule has 0 bridgehead atoms. The molecule has 0 fully saturated rings. The van der Waals surface area contributed by atoms with Crippen LogP contribution in [0, 0.1) is 5.41 Å². The van der Waals surface area contributed by atoms with Crippen molar-refractivity contribution in [2.24, 2.45) is 5.73 Å². The Bertz CT molecular complexity index is 928. The van der Waals surface area contributed by atoms with Crippen LogP contribution < -0.4 is 21.1 Å². The number of amides is 2. The first-order valence-corrected chi connectivity index (χ1v) is 10.6. The second-order valence-corrected chi connectivity index (χ2v) is 6.65. The van der Waals surface area contributed by atoms with Crippen LogP contribution in [0.4, 0.5) is 11.5 Å². The Labute approximate surface area is 197 Å². The number of allylic oxidation sites excluding steroid dienone is 1. The molecule has 2 amide bonds. The zero-order chi connectivity index (χ0) is 24.5. The molecule has 32 heavy (non-hydrogen) atoms. The molecule has 2 rings (SSSR count). The van der Waals surface area contributed by atoms with Crippen LogP contribution in [0.5, 0.6) is 5.75 Å². The SMILES string of the molecule is C/C=C/C(=O)Nc1ccc(OC)cc1C(=O)Nc1ccc(Br)cn1.C=CCC(=N)N.CC. The van der Waals surface area contributed by atoms with Crippen molar-refractivity contribution in [1.29, 1.82) is 5.41 Å². The van der Waals surface area contributed by atoms with Gasteiger partial charge in [0.1, 0.15) is 11.6 Å². The second kappa shape index (κ2) is 16.3. The second-order valence-electron chi connectivity index (χ2n) is 5.73. The van der Waals surface area contributed by atoms with Gasteiger partial charge in [0, 0.05) is 17.1 Å². The van der Waals surface area contributed by atoms with E-state index in [0.29, 0.717) is 23.7 Å². The number of ether oxygens (including phenoxy) is 1. The first-order valence-electron chi connectivity index (χ1n) is 9.79. The van der Waals surface area contributed by atoms with Crippen molar-refractivity contribution in [2.45, 2.75) is 27.2 Å². The number of hydrogen-bond donors (Lipinski definition) is 4. The average Bonchev–Trinajstić information content (AvgIpc) is 2.77. The Kier molecular flexibility index (Phi) is 14.5. The number of methoxy groups -OCH3 is 1. The van der Waals surface area contributed by atoms with E-state index < -0.39 is 5.91 Å². The number of halogens is 1. The van der Waals surface area contributed by atoms with E-state index in [9.17, 15) is 9.59 Å². The highest BCUT2D eigenvalue weighted by molar-refractivity contribution is 9.10. The molecule has 172 valence electrons. The molecule has 5 N–H and O–H groups in total. The lowest BCUT2D eigenvalue weighted by molar-refractivity contribution is -0.111. The predicted octanol–water partition coefficient (Wildman–Crippen LogP) is 5.14. The lowest BCUT2D eigenvalue weighted by Crippen LogP contribution is -2.17. The van der Waals surface area contributed by atoms with E-state index in [1.807, 2.05) is 13.8 Å². The van der Waals surface area contributed by atoms with E-state index in [2.05, 4.69) is 38.1 Å². The third kappa shape index (κ3) is 11.1. The molecule has 1 aromatic carbocycles. The van der Waals surface area contributed by atoms with Gasteiger partial charge in [0.2, 0.25) is 5.91 Å². The number of amidine groups is 1. The van der Waals surface area contributed by atoms with Crippen molar-refractivity contribution in [2.75, 3.05) is 17.7 Å². The highest BCUT2D eigenvalue weighted by atomic mass is 79.9. The average molecular weight is 504 g/mol. The largest absolute Gasteiger partial charge is 0.497 e. The minimum absolute atomic E-state index is 0.171. The molecule has 0 aliphatic rings. The van der Waals surface area contributed by atoms with Gasteiger partial charge in [-0.05, 0) is 59.3 Å². The Hall–Kier alpha value is -3.46. The number of nitrogens with zero attached hydrogens (tertiary/aromatic N) is 1. The van der Waals surface area contributed by atoms with Gasteiger partial charge in [0.05, 0.1) is 24.2 Å². The van der Waals surface area contributed by atoms with Crippen LogP contribution >= 0.6 is 15.9 Å². The Balaban J connectivity index is 0.00000104. The summed E-state index contributed by atoms with van der Waals surface area (Å²) in [5, 5.41) is 12.0. The quantitative estimate of drug-likeness (QED) is 0.179. The van der Waals surface area contributed by atoms with Gasteiger partial charge in [-0.15, -0.1) is 6.58 Å². The van der Waals surface area contributed by atoms with E-state index in [1.165, 1.54) is 13.2 Å². The van der Waals surface area contributed by atoms with Gasteiger partial charge in [0.25, 0.3) is 5.91 Å². The van der Waals surface area contributed by atoms with Crippen molar-refractivity contribution >= 4 is 45.1 Å². The zero-order valence-electron chi connectivity index (χ0n) is 18.7. The molecular formula is C23H30BrN5O3. The van der Waals surface area contributed by atoms with Crippen LogP contribution in [0.25, 0.3) is 0 Å². The smallest absolute Gasteiger partial charge is 0.259 e. The molecule has 1 aromatic heterocycles. The van der Waals surface area contributed by atoms with Gasteiger partial charge in [-0.1, -0.05) is 26.0 Å². The van der Waals surface area contributed by atoms with Crippen molar-refractivity contribution in [3.8, 4) is 5.75 Å². The predicted molar refractivity (Wildman–Crippen MR) is 134 cm³/mol. The number of nitrogens with two attached hydrogens (primary N) is 1. The van der Waals surface area contributed by atoms with Gasteiger partial charge in [0.15, 0.2) is 0 Å². The molecule has 0 saturated carbocycles. The van der Waals surface area contributed by atoms with E-state index >= 15 is 0 Å². The number of carbonyl (C=O) groups is 2. The van der Waals surface area contributed by atoms with E-state index in [4.69, 9.17) is 15.9 Å². The minimum Gasteiger partial charge on any atom is -0.497 e. The maximum Gasteiger partial charge on any atom is 0.259 e. The number of benzene rings is 1. The third-order valence-electron chi connectivity index (χ3n) is 3.38. The topological polar surface area (TPSA) is 130 Å². The van der Waals surface area contributed by atoms with Crippen LogP contribution in [0.15, 0.2) is 65.8 Å². The summed E-state index contributed by atoms with van der Waals surface area (Å²) in [6.07, 6.45) is 6.67. The Morgan fingerprint density at radius 3 is 2.41 bits per heavy atom. The first kappa shape index (κ1) is 28.5. The van der Waals surface area contributed by atoms with Crippen LogP contribution in [-0.4, -0.2) is 29.7 Å². The monoisotopic (exact) mass is 503 g/mol. The van der Waals surface area contributed by atoms with Crippen LogP contribution in [0.2, 0.25) is 0 Å². The Morgan fingerprint density at radius 2 is 1.94 bits per heavy atom. The van der Waals surface area contributed by atoms with E-state index in [0.717, 1.165) is 4.47 Å². The fraction of sp³-hybridized carbons (Fsp3) is 0.217. The first-order chi connectivity index (χ1) is 15.3. The molecule has 0 aliphatic carbocycles. The van der Waals surface area contributed by atoms with Gasteiger partial charge in [-0.3, -0.25) is 15.0 Å². The number of carbonyl (C=O) groups excluding carboxylic acids is 2. The summed E-state index contributed by atoms with van der Waals surface area (Å²) in [7, 11) is 1.51. The van der Waals surface area contributed by atoms with Crippen molar-refractivity contribution < 1.29 is 14.3 Å². The highest BCUT2D eigenvalue weighted by Gasteiger charge is 2.15. The molecule has 0 saturated heterocycles. The number of nitrogens with one attached hydrogen (secondary N) is 3. The van der Waals surface area contributed by atoms with Gasteiger partial charge in [-0.2, -0.15) is 0 Å². The van der Waals surface area contributed by atoms with Crippen molar-refractivity contribution in [1.82, 2.24) is 4.98 Å². The molecule has 2 aromatic rings. The molecule has 0 spiro atoms. The fourth-order valence-electron chi connectivity index (χ4n) is 2.06.